The van der Waals surface area contributed by atoms with Crippen molar-refractivity contribution in [1.29, 1.82) is 0 Å². The fourth-order valence-electron chi connectivity index (χ4n) is 1.98. The van der Waals surface area contributed by atoms with Crippen LogP contribution in [0.5, 0.6) is 0 Å². The molecule has 1 saturated heterocycles. The van der Waals surface area contributed by atoms with Crippen LogP contribution in [0.2, 0.25) is 0 Å². The molecule has 0 aromatic carbocycles. The molecule has 106 valence electrons. The van der Waals surface area contributed by atoms with Gasteiger partial charge in [0.1, 0.15) is 0 Å². The lowest BCUT2D eigenvalue weighted by molar-refractivity contribution is -0.149. The van der Waals surface area contributed by atoms with Crippen LogP contribution in [0.4, 0.5) is 4.79 Å². The predicted octanol–water partition coefficient (Wildman–Crippen LogP) is 0.673. The Kier molecular flexibility index (Phi) is 6.16. The average Bonchev–Trinajstić information content (AvgIpc) is 2.84. The number of carboxylic acid groups (broad SMARTS) is 1. The van der Waals surface area contributed by atoms with E-state index in [9.17, 15) is 9.59 Å². The maximum atomic E-state index is 11.8. The average molecular weight is 268 g/mol. The number of nitrogens with one attached hydrogen (secondary N) is 1. The highest BCUT2D eigenvalue weighted by Gasteiger charge is 2.30. The van der Waals surface area contributed by atoms with Gasteiger partial charge in [0.05, 0.1) is 12.6 Å². The molecule has 2 unspecified atom stereocenters. The highest BCUT2D eigenvalue weighted by atomic mass is 16.5. The van der Waals surface area contributed by atoms with E-state index in [1.165, 1.54) is 0 Å². The van der Waals surface area contributed by atoms with E-state index in [1.54, 1.807) is 4.90 Å². The normalized spacial score (nSPS) is 21.7. The Morgan fingerprint density at radius 3 is 2.79 bits per heavy atom. The molecule has 0 aromatic rings. The van der Waals surface area contributed by atoms with Crippen molar-refractivity contribution in [2.75, 3.05) is 19.6 Å². The summed E-state index contributed by atoms with van der Waals surface area (Å²) >= 11 is 0. The van der Waals surface area contributed by atoms with Crippen LogP contribution >= 0.6 is 0 Å². The number of ether oxygens (including phenoxy) is 1. The molecule has 6 heteroatoms. The molecule has 0 saturated carbocycles. The van der Waals surface area contributed by atoms with Crippen molar-refractivity contribution in [3.8, 4) is 12.3 Å². The molecule has 2 N–H and O–H groups in total. The first kappa shape index (κ1) is 15.3. The number of nitrogens with zero attached hydrogens (tertiary/aromatic N) is 1. The van der Waals surface area contributed by atoms with E-state index in [0.717, 1.165) is 6.42 Å². The van der Waals surface area contributed by atoms with Crippen molar-refractivity contribution < 1.29 is 19.4 Å². The summed E-state index contributed by atoms with van der Waals surface area (Å²) in [5.74, 6) is 1.49. The molecule has 0 spiro atoms. The number of carboxylic acids is 1. The van der Waals surface area contributed by atoms with E-state index in [-0.39, 0.29) is 18.7 Å². The molecule has 1 aliphatic heterocycles. The number of hydrogen-bond donors (Lipinski definition) is 2. The van der Waals surface area contributed by atoms with Crippen LogP contribution in [0.3, 0.4) is 0 Å². The van der Waals surface area contributed by atoms with Gasteiger partial charge in [-0.2, -0.15) is 0 Å². The Morgan fingerprint density at radius 2 is 2.26 bits per heavy atom. The number of carbonyl (C=O) groups excluding carboxylic acids is 1. The first-order valence-corrected chi connectivity index (χ1v) is 6.43. The molecule has 2 atom stereocenters. The van der Waals surface area contributed by atoms with Gasteiger partial charge in [0.15, 0.2) is 6.10 Å². The van der Waals surface area contributed by atoms with Crippen molar-refractivity contribution in [1.82, 2.24) is 10.2 Å². The lowest BCUT2D eigenvalue weighted by Gasteiger charge is -2.21. The first-order valence-electron chi connectivity index (χ1n) is 6.43. The quantitative estimate of drug-likeness (QED) is 0.694. The third-order valence-corrected chi connectivity index (χ3v) is 2.93. The van der Waals surface area contributed by atoms with Crippen LogP contribution in [0.25, 0.3) is 0 Å². The molecule has 1 heterocycles. The summed E-state index contributed by atoms with van der Waals surface area (Å²) in [6.07, 6.45) is 6.17. The van der Waals surface area contributed by atoms with Gasteiger partial charge in [0.25, 0.3) is 0 Å². The maximum absolute atomic E-state index is 11.8. The lowest BCUT2D eigenvalue weighted by atomic mass is 10.2. The summed E-state index contributed by atoms with van der Waals surface area (Å²) in [4.78, 5) is 24.1. The van der Waals surface area contributed by atoms with E-state index in [0.29, 0.717) is 25.9 Å². The number of terminal acetylenes is 1. The van der Waals surface area contributed by atoms with Crippen LogP contribution in [0.1, 0.15) is 26.2 Å². The van der Waals surface area contributed by atoms with E-state index in [4.69, 9.17) is 16.3 Å². The number of hydrogen-bond acceptors (Lipinski definition) is 3. The topological polar surface area (TPSA) is 78.9 Å². The zero-order chi connectivity index (χ0) is 14.3. The van der Waals surface area contributed by atoms with Gasteiger partial charge in [-0.1, -0.05) is 12.8 Å². The van der Waals surface area contributed by atoms with Gasteiger partial charge in [-0.25, -0.2) is 9.59 Å². The smallest absolute Gasteiger partial charge is 0.332 e. The highest BCUT2D eigenvalue weighted by Crippen LogP contribution is 2.19. The Balaban J connectivity index is 2.34. The maximum Gasteiger partial charge on any atom is 0.332 e. The molecule has 0 aliphatic carbocycles. The number of amides is 2. The van der Waals surface area contributed by atoms with E-state index in [2.05, 4.69) is 11.2 Å². The van der Waals surface area contributed by atoms with Crippen molar-refractivity contribution in [2.45, 2.75) is 38.4 Å². The second-order valence-corrected chi connectivity index (χ2v) is 4.47. The molecule has 1 fully saturated rings. The number of aliphatic carboxylic acids is 1. The van der Waals surface area contributed by atoms with Crippen LogP contribution < -0.4 is 5.32 Å². The van der Waals surface area contributed by atoms with E-state index < -0.39 is 12.1 Å². The molecule has 1 aliphatic rings. The Morgan fingerprint density at radius 1 is 1.53 bits per heavy atom. The molecule has 2 amide bonds. The van der Waals surface area contributed by atoms with Crippen LogP contribution in [-0.2, 0) is 9.53 Å². The monoisotopic (exact) mass is 268 g/mol. The van der Waals surface area contributed by atoms with Gasteiger partial charge < -0.3 is 20.1 Å². The summed E-state index contributed by atoms with van der Waals surface area (Å²) in [5, 5.41) is 11.5. The van der Waals surface area contributed by atoms with Crippen molar-refractivity contribution in [2.24, 2.45) is 0 Å². The Hall–Kier alpha value is -1.74. The second-order valence-electron chi connectivity index (χ2n) is 4.47. The van der Waals surface area contributed by atoms with Gasteiger partial charge in [0.2, 0.25) is 0 Å². The predicted molar refractivity (Wildman–Crippen MR) is 69.6 cm³/mol. The van der Waals surface area contributed by atoms with Crippen LogP contribution in [0.15, 0.2) is 0 Å². The van der Waals surface area contributed by atoms with Crippen molar-refractivity contribution >= 4 is 12.0 Å². The molecular weight excluding hydrogens is 248 g/mol. The van der Waals surface area contributed by atoms with Gasteiger partial charge >= 0.3 is 12.0 Å². The molecule has 19 heavy (non-hydrogen) atoms. The van der Waals surface area contributed by atoms with Crippen LogP contribution in [-0.4, -0.2) is 53.8 Å². The van der Waals surface area contributed by atoms with E-state index in [1.807, 2.05) is 6.92 Å². The lowest BCUT2D eigenvalue weighted by Crippen LogP contribution is -2.43. The Labute approximate surface area is 113 Å². The Bertz CT molecular complexity index is 364. The SMILES string of the molecule is C#CCN(CCC)C(=O)NCC1CCC(C(=O)O)O1. The summed E-state index contributed by atoms with van der Waals surface area (Å²) in [6.45, 7) is 3.14. The van der Waals surface area contributed by atoms with E-state index >= 15 is 0 Å². The molecule has 0 radical (unpaired) electrons. The molecular formula is C13H20N2O4. The zero-order valence-electron chi connectivity index (χ0n) is 11.1. The van der Waals surface area contributed by atoms with Gasteiger partial charge in [-0.15, -0.1) is 6.42 Å². The van der Waals surface area contributed by atoms with Gasteiger partial charge in [-0.05, 0) is 19.3 Å². The van der Waals surface area contributed by atoms with Gasteiger partial charge in [0, 0.05) is 13.1 Å². The summed E-state index contributed by atoms with van der Waals surface area (Å²) in [6, 6.07) is -0.234. The third-order valence-electron chi connectivity index (χ3n) is 2.93. The molecule has 0 bridgehead atoms. The number of urea groups is 1. The highest BCUT2D eigenvalue weighted by molar-refractivity contribution is 5.74. The summed E-state index contributed by atoms with van der Waals surface area (Å²) in [5.41, 5.74) is 0. The van der Waals surface area contributed by atoms with Crippen LogP contribution in [0, 0.1) is 12.3 Å². The largest absolute Gasteiger partial charge is 0.479 e. The molecule has 0 aromatic heterocycles. The minimum Gasteiger partial charge on any atom is -0.479 e. The van der Waals surface area contributed by atoms with Crippen molar-refractivity contribution in [3.05, 3.63) is 0 Å². The molecule has 1 rings (SSSR count). The fourth-order valence-corrected chi connectivity index (χ4v) is 1.98. The number of rotatable bonds is 6. The zero-order valence-corrected chi connectivity index (χ0v) is 11.1. The summed E-state index contributed by atoms with van der Waals surface area (Å²) in [7, 11) is 0. The third kappa shape index (κ3) is 4.79. The summed E-state index contributed by atoms with van der Waals surface area (Å²) < 4.78 is 5.30. The standard InChI is InChI=1S/C13H20N2O4/c1-3-7-15(8-4-2)13(18)14-9-10-5-6-11(19-10)12(16)17/h1,10-11H,4-9H2,2H3,(H,14,18)(H,16,17). The number of carbonyl (C=O) groups is 2. The fraction of sp³-hybridized carbons (Fsp3) is 0.692. The first-order chi connectivity index (χ1) is 9.08. The molecule has 6 nitrogen and oxygen atoms in total. The minimum absolute atomic E-state index is 0.234. The second kappa shape index (κ2) is 7.64. The van der Waals surface area contributed by atoms with Crippen molar-refractivity contribution in [3.63, 3.8) is 0 Å². The minimum atomic E-state index is -0.950. The van der Waals surface area contributed by atoms with Gasteiger partial charge in [-0.3, -0.25) is 0 Å².